The lowest BCUT2D eigenvalue weighted by Gasteiger charge is -2.35. The van der Waals surface area contributed by atoms with Crippen molar-refractivity contribution in [2.75, 3.05) is 13.1 Å². The number of piperidine rings is 1. The molecule has 146 valence electrons. The van der Waals surface area contributed by atoms with Gasteiger partial charge < -0.3 is 5.32 Å². The van der Waals surface area contributed by atoms with Crippen LogP contribution in [0.4, 0.5) is 0 Å². The molecule has 1 amide bonds. The fraction of sp³-hybridized carbons (Fsp3) is 0.391. The van der Waals surface area contributed by atoms with Crippen molar-refractivity contribution in [2.24, 2.45) is 4.99 Å². The van der Waals surface area contributed by atoms with Crippen molar-refractivity contribution >= 4 is 23.3 Å². The molecule has 3 rings (SSSR count). The van der Waals surface area contributed by atoms with E-state index in [-0.39, 0.29) is 18.1 Å². The lowest BCUT2D eigenvalue weighted by molar-refractivity contribution is -0.122. The Morgan fingerprint density at radius 1 is 1.07 bits per heavy atom. The third-order valence-corrected chi connectivity index (χ3v) is 5.37. The highest BCUT2D eigenvalue weighted by Gasteiger charge is 2.25. The predicted molar refractivity (Wildman–Crippen MR) is 116 cm³/mol. The van der Waals surface area contributed by atoms with E-state index in [9.17, 15) is 4.79 Å². The second kappa shape index (κ2) is 10.9. The molecule has 0 saturated carbocycles. The molecule has 0 bridgehead atoms. The SMILES string of the molecule is O=C(CCc1ccccc1)NC1CCN(C(Cc2ccccc2)N=C=S)CC1. The van der Waals surface area contributed by atoms with E-state index in [1.807, 2.05) is 36.4 Å². The maximum absolute atomic E-state index is 12.3. The fourth-order valence-corrected chi connectivity index (χ4v) is 3.81. The number of aliphatic imine (C=N–C) groups is 1. The first-order chi connectivity index (χ1) is 13.7. The van der Waals surface area contributed by atoms with Crippen LogP contribution in [0.25, 0.3) is 0 Å². The molecule has 5 heteroatoms. The smallest absolute Gasteiger partial charge is 0.220 e. The molecule has 2 aromatic rings. The Morgan fingerprint density at radius 3 is 2.29 bits per heavy atom. The highest BCUT2D eigenvalue weighted by Crippen LogP contribution is 2.17. The standard InChI is InChI=1S/C23H27N3OS/c27-23(12-11-19-7-3-1-4-8-19)25-21-13-15-26(16-14-21)22(24-18-28)17-20-9-5-2-6-10-20/h1-10,21-22H,11-17H2,(H,25,27). The van der Waals surface area contributed by atoms with Crippen LogP contribution < -0.4 is 5.32 Å². The van der Waals surface area contributed by atoms with Crippen molar-refractivity contribution < 1.29 is 4.79 Å². The first kappa shape index (κ1) is 20.4. The predicted octanol–water partition coefficient (Wildman–Crippen LogP) is 3.87. The van der Waals surface area contributed by atoms with E-state index in [1.165, 1.54) is 11.1 Å². The molecule has 0 spiro atoms. The van der Waals surface area contributed by atoms with Gasteiger partial charge in [0.15, 0.2) is 0 Å². The Labute approximate surface area is 172 Å². The number of thiocarbonyl (C=S) groups is 1. The Hall–Kier alpha value is -2.33. The summed E-state index contributed by atoms with van der Waals surface area (Å²) >= 11 is 4.86. The molecular formula is C23H27N3OS. The molecule has 1 unspecified atom stereocenters. The number of nitrogens with one attached hydrogen (secondary N) is 1. The molecule has 1 saturated heterocycles. The number of rotatable bonds is 8. The average molecular weight is 394 g/mol. The third-order valence-electron chi connectivity index (χ3n) is 5.26. The Bertz CT molecular complexity index is 782. The van der Waals surface area contributed by atoms with Crippen LogP contribution >= 0.6 is 12.2 Å². The van der Waals surface area contributed by atoms with E-state index in [2.05, 4.69) is 44.6 Å². The van der Waals surface area contributed by atoms with Crippen LogP contribution in [0.3, 0.4) is 0 Å². The van der Waals surface area contributed by atoms with Crippen molar-refractivity contribution in [1.82, 2.24) is 10.2 Å². The van der Waals surface area contributed by atoms with Gasteiger partial charge in [-0.25, -0.2) is 4.99 Å². The number of nitrogens with zero attached hydrogens (tertiary/aromatic N) is 2. The molecule has 4 nitrogen and oxygen atoms in total. The first-order valence-corrected chi connectivity index (χ1v) is 10.3. The van der Waals surface area contributed by atoms with Crippen LogP contribution in [0.5, 0.6) is 0 Å². The number of carbonyl (C=O) groups excluding carboxylic acids is 1. The molecule has 0 aromatic heterocycles. The maximum Gasteiger partial charge on any atom is 0.220 e. The van der Waals surface area contributed by atoms with Gasteiger partial charge in [0.05, 0.1) is 5.16 Å². The minimum atomic E-state index is 0.0228. The summed E-state index contributed by atoms with van der Waals surface area (Å²) < 4.78 is 0. The van der Waals surface area contributed by atoms with E-state index in [4.69, 9.17) is 12.2 Å². The molecular weight excluding hydrogens is 366 g/mol. The number of benzene rings is 2. The quantitative estimate of drug-likeness (QED) is 0.547. The third kappa shape index (κ3) is 6.38. The van der Waals surface area contributed by atoms with E-state index in [0.29, 0.717) is 6.42 Å². The van der Waals surface area contributed by atoms with E-state index in [0.717, 1.165) is 38.8 Å². The molecule has 1 aliphatic heterocycles. The van der Waals surface area contributed by atoms with Crippen molar-refractivity contribution in [3.63, 3.8) is 0 Å². The zero-order valence-corrected chi connectivity index (χ0v) is 16.9. The molecule has 2 aromatic carbocycles. The van der Waals surface area contributed by atoms with Gasteiger partial charge in [-0.2, -0.15) is 0 Å². The summed E-state index contributed by atoms with van der Waals surface area (Å²) in [7, 11) is 0. The minimum absolute atomic E-state index is 0.0228. The Balaban J connectivity index is 1.44. The van der Waals surface area contributed by atoms with Crippen LogP contribution in [0.15, 0.2) is 65.7 Å². The summed E-state index contributed by atoms with van der Waals surface area (Å²) in [6.07, 6.45) is 4.06. The van der Waals surface area contributed by atoms with Crippen molar-refractivity contribution in [3.8, 4) is 0 Å². The zero-order chi connectivity index (χ0) is 19.6. The monoisotopic (exact) mass is 393 g/mol. The highest BCUT2D eigenvalue weighted by atomic mass is 32.1. The van der Waals surface area contributed by atoms with E-state index >= 15 is 0 Å². The summed E-state index contributed by atoms with van der Waals surface area (Å²) in [4.78, 5) is 19.0. The van der Waals surface area contributed by atoms with Crippen molar-refractivity contribution in [1.29, 1.82) is 0 Å². The van der Waals surface area contributed by atoms with Gasteiger partial charge in [0.25, 0.3) is 0 Å². The normalized spacial score (nSPS) is 16.1. The molecule has 28 heavy (non-hydrogen) atoms. The van der Waals surface area contributed by atoms with E-state index in [1.54, 1.807) is 0 Å². The van der Waals surface area contributed by atoms with Crippen LogP contribution in [-0.4, -0.2) is 41.3 Å². The molecule has 1 atom stereocenters. The number of likely N-dealkylation sites (tertiary alicyclic amines) is 1. The van der Waals surface area contributed by atoms with Gasteiger partial charge >= 0.3 is 0 Å². The number of carbonyl (C=O) groups is 1. The number of hydrogen-bond donors (Lipinski definition) is 1. The summed E-state index contributed by atoms with van der Waals surface area (Å²) in [5.41, 5.74) is 2.45. The Morgan fingerprint density at radius 2 is 1.68 bits per heavy atom. The first-order valence-electron chi connectivity index (χ1n) is 9.93. The summed E-state index contributed by atoms with van der Waals surface area (Å²) in [6, 6.07) is 20.7. The van der Waals surface area contributed by atoms with Crippen LogP contribution in [0.1, 0.15) is 30.4 Å². The van der Waals surface area contributed by atoms with Crippen LogP contribution in [0.2, 0.25) is 0 Å². The Kier molecular flexibility index (Phi) is 7.92. The van der Waals surface area contributed by atoms with Gasteiger partial charge in [0, 0.05) is 32.0 Å². The van der Waals surface area contributed by atoms with Gasteiger partial charge in [-0.3, -0.25) is 9.69 Å². The molecule has 1 heterocycles. The fourth-order valence-electron chi connectivity index (χ4n) is 3.69. The van der Waals surface area contributed by atoms with Gasteiger partial charge in [-0.15, -0.1) is 0 Å². The number of amides is 1. The van der Waals surface area contributed by atoms with Crippen molar-refractivity contribution in [3.05, 3.63) is 71.8 Å². The highest BCUT2D eigenvalue weighted by molar-refractivity contribution is 7.78. The molecule has 0 aliphatic carbocycles. The topological polar surface area (TPSA) is 44.7 Å². The molecule has 1 aliphatic rings. The summed E-state index contributed by atoms with van der Waals surface area (Å²) in [6.45, 7) is 1.81. The second-order valence-corrected chi connectivity index (χ2v) is 7.44. The number of aryl methyl sites for hydroxylation is 1. The number of isothiocyanates is 1. The van der Waals surface area contributed by atoms with Gasteiger partial charge in [0.1, 0.15) is 6.17 Å². The number of hydrogen-bond acceptors (Lipinski definition) is 4. The molecule has 1 fully saturated rings. The van der Waals surface area contributed by atoms with Gasteiger partial charge in [-0.1, -0.05) is 60.7 Å². The lowest BCUT2D eigenvalue weighted by Crippen LogP contribution is -2.48. The second-order valence-electron chi connectivity index (χ2n) is 7.25. The van der Waals surface area contributed by atoms with Gasteiger partial charge in [-0.05, 0) is 42.6 Å². The summed E-state index contributed by atoms with van der Waals surface area (Å²) in [5, 5.41) is 5.76. The largest absolute Gasteiger partial charge is 0.353 e. The molecule has 1 N–H and O–H groups in total. The van der Waals surface area contributed by atoms with E-state index < -0.39 is 0 Å². The maximum atomic E-state index is 12.3. The minimum Gasteiger partial charge on any atom is -0.353 e. The average Bonchev–Trinajstić information content (AvgIpc) is 2.74. The zero-order valence-electron chi connectivity index (χ0n) is 16.1. The van der Waals surface area contributed by atoms with Gasteiger partial charge in [0.2, 0.25) is 5.91 Å². The van der Waals surface area contributed by atoms with Crippen LogP contribution in [0, 0.1) is 0 Å². The van der Waals surface area contributed by atoms with Crippen LogP contribution in [-0.2, 0) is 17.6 Å². The van der Waals surface area contributed by atoms with Crippen molar-refractivity contribution in [2.45, 2.75) is 44.3 Å². The lowest BCUT2D eigenvalue weighted by atomic mass is 10.0. The molecule has 0 radical (unpaired) electrons. The summed E-state index contributed by atoms with van der Waals surface area (Å²) in [5.74, 6) is 0.139.